The van der Waals surface area contributed by atoms with Crippen molar-refractivity contribution < 1.29 is 24.2 Å². The number of nitrogens with one attached hydrogen (secondary N) is 3. The van der Waals surface area contributed by atoms with Gasteiger partial charge in [-0.3, -0.25) is 9.59 Å². The molecule has 0 aromatic heterocycles. The smallest absolute Gasteiger partial charge is 0.408 e. The van der Waals surface area contributed by atoms with Crippen LogP contribution in [0.2, 0.25) is 0 Å². The molecule has 0 fully saturated rings. The van der Waals surface area contributed by atoms with Crippen molar-refractivity contribution in [1.82, 2.24) is 16.0 Å². The van der Waals surface area contributed by atoms with Crippen LogP contribution in [0, 0.1) is 0 Å². The van der Waals surface area contributed by atoms with Gasteiger partial charge in [-0.1, -0.05) is 74.4 Å². The summed E-state index contributed by atoms with van der Waals surface area (Å²) in [4.78, 5) is 40.1. The number of unbranched alkanes of at least 4 members (excludes halogenated alkanes) is 2. The average molecular weight is 548 g/mol. The lowest BCUT2D eigenvalue weighted by Gasteiger charge is -2.32. The molecule has 40 heavy (non-hydrogen) atoms. The third-order valence-electron chi connectivity index (χ3n) is 6.60. The minimum Gasteiger partial charge on any atom is -0.508 e. The van der Waals surface area contributed by atoms with E-state index in [1.54, 1.807) is 39.8 Å². The Morgan fingerprint density at radius 1 is 0.900 bits per heavy atom. The normalized spacial score (nSPS) is 13.6. The Morgan fingerprint density at radius 3 is 2.23 bits per heavy atom. The molecule has 2 atom stereocenters. The molecule has 8 nitrogen and oxygen atoms in total. The van der Waals surface area contributed by atoms with Gasteiger partial charge in [-0.05, 0) is 68.1 Å². The Labute approximate surface area is 236 Å². The second kappa shape index (κ2) is 13.3. The van der Waals surface area contributed by atoms with Gasteiger partial charge in [0.05, 0.1) is 0 Å². The molecule has 0 saturated heterocycles. The van der Waals surface area contributed by atoms with E-state index in [0.29, 0.717) is 12.1 Å². The highest BCUT2D eigenvalue weighted by molar-refractivity contribution is 5.95. The van der Waals surface area contributed by atoms with Crippen LogP contribution in [0.25, 0.3) is 10.8 Å². The number of carbonyl (C=O) groups is 3. The third kappa shape index (κ3) is 8.46. The van der Waals surface area contributed by atoms with Crippen molar-refractivity contribution in [2.24, 2.45) is 0 Å². The molecule has 3 rings (SSSR count). The SMILES string of the molecule is CCCCCNC(=O)[C@@](C)(NC(=O)[C@H](Cc1ccc2ccccc2c1)NC(=O)OC(C)(C)C)c1ccc(O)cc1. The maximum atomic E-state index is 13.8. The third-order valence-corrected chi connectivity index (χ3v) is 6.60. The minimum atomic E-state index is -1.46. The van der Waals surface area contributed by atoms with Gasteiger partial charge < -0.3 is 25.8 Å². The molecule has 0 aliphatic rings. The number of phenols is 1. The number of benzene rings is 3. The van der Waals surface area contributed by atoms with Gasteiger partial charge >= 0.3 is 6.09 Å². The van der Waals surface area contributed by atoms with E-state index in [1.807, 2.05) is 42.5 Å². The van der Waals surface area contributed by atoms with Gasteiger partial charge in [-0.25, -0.2) is 4.79 Å². The topological polar surface area (TPSA) is 117 Å². The summed E-state index contributed by atoms with van der Waals surface area (Å²) in [5.41, 5.74) is -0.889. The van der Waals surface area contributed by atoms with Crippen LogP contribution < -0.4 is 16.0 Å². The molecular formula is C32H41N3O5. The molecule has 0 heterocycles. The number of fused-ring (bicyclic) bond motifs is 1. The number of amides is 3. The van der Waals surface area contributed by atoms with Crippen LogP contribution in [0.15, 0.2) is 66.7 Å². The van der Waals surface area contributed by atoms with Crippen molar-refractivity contribution in [3.05, 3.63) is 77.9 Å². The van der Waals surface area contributed by atoms with Gasteiger partial charge in [0.2, 0.25) is 11.8 Å². The van der Waals surface area contributed by atoms with Gasteiger partial charge in [0.15, 0.2) is 0 Å². The summed E-state index contributed by atoms with van der Waals surface area (Å²) in [7, 11) is 0. The highest BCUT2D eigenvalue weighted by Crippen LogP contribution is 2.25. The van der Waals surface area contributed by atoms with Crippen molar-refractivity contribution in [2.75, 3.05) is 6.54 Å². The zero-order valence-electron chi connectivity index (χ0n) is 24.0. The van der Waals surface area contributed by atoms with E-state index in [2.05, 4.69) is 22.9 Å². The Morgan fingerprint density at radius 2 is 1.57 bits per heavy atom. The van der Waals surface area contributed by atoms with E-state index in [9.17, 15) is 19.5 Å². The fraction of sp³-hybridized carbons (Fsp3) is 0.406. The first-order chi connectivity index (χ1) is 18.9. The fourth-order valence-corrected chi connectivity index (χ4v) is 4.40. The second-order valence-corrected chi connectivity index (χ2v) is 11.2. The molecule has 214 valence electrons. The molecule has 8 heteroatoms. The highest BCUT2D eigenvalue weighted by atomic mass is 16.6. The maximum Gasteiger partial charge on any atom is 0.408 e. The molecule has 0 unspecified atom stereocenters. The zero-order valence-corrected chi connectivity index (χ0v) is 24.0. The quantitative estimate of drug-likeness (QED) is 0.243. The van der Waals surface area contributed by atoms with Gasteiger partial charge in [-0.15, -0.1) is 0 Å². The highest BCUT2D eigenvalue weighted by Gasteiger charge is 2.39. The molecule has 3 amide bonds. The van der Waals surface area contributed by atoms with Gasteiger partial charge in [0.1, 0.15) is 22.9 Å². The summed E-state index contributed by atoms with van der Waals surface area (Å²) in [5, 5.41) is 20.4. The maximum absolute atomic E-state index is 13.8. The number of rotatable bonds is 11. The van der Waals surface area contributed by atoms with E-state index < -0.39 is 29.2 Å². The van der Waals surface area contributed by atoms with Crippen LogP contribution in [0.1, 0.15) is 65.0 Å². The summed E-state index contributed by atoms with van der Waals surface area (Å²) < 4.78 is 5.44. The van der Waals surface area contributed by atoms with Crippen LogP contribution in [-0.4, -0.2) is 41.2 Å². The van der Waals surface area contributed by atoms with Crippen LogP contribution >= 0.6 is 0 Å². The van der Waals surface area contributed by atoms with Crippen LogP contribution in [0.5, 0.6) is 5.75 Å². The Hall–Kier alpha value is -4.07. The van der Waals surface area contributed by atoms with Gasteiger partial charge in [0.25, 0.3) is 0 Å². The molecule has 0 aliphatic heterocycles. The van der Waals surface area contributed by atoms with E-state index in [-0.39, 0.29) is 18.1 Å². The summed E-state index contributed by atoms with van der Waals surface area (Å²) in [6.07, 6.45) is 2.24. The first kappa shape index (κ1) is 30.5. The molecule has 4 N–H and O–H groups in total. The van der Waals surface area contributed by atoms with E-state index in [1.165, 1.54) is 12.1 Å². The van der Waals surface area contributed by atoms with Crippen molar-refractivity contribution in [1.29, 1.82) is 0 Å². The van der Waals surface area contributed by atoms with E-state index in [0.717, 1.165) is 35.6 Å². The first-order valence-electron chi connectivity index (χ1n) is 13.8. The average Bonchev–Trinajstić information content (AvgIpc) is 2.89. The Balaban J connectivity index is 1.91. The standard InChI is InChI=1S/C32H41N3O5/c1-6-7-10-19-33-29(38)32(5,25-15-17-26(36)18-16-25)35-28(37)27(34-30(39)40-31(2,3)4)21-22-13-14-23-11-8-9-12-24(23)20-22/h8-9,11-18,20,27,36H,6-7,10,19,21H2,1-5H3,(H,33,38)(H,34,39)(H,35,37)/t27-,32-/m0/s1. The number of carbonyl (C=O) groups excluding carboxylic acids is 3. The van der Waals surface area contributed by atoms with Gasteiger partial charge in [-0.2, -0.15) is 0 Å². The minimum absolute atomic E-state index is 0.0431. The van der Waals surface area contributed by atoms with Crippen molar-refractivity contribution >= 4 is 28.7 Å². The van der Waals surface area contributed by atoms with Crippen molar-refractivity contribution in [2.45, 2.75) is 77.5 Å². The van der Waals surface area contributed by atoms with Crippen molar-refractivity contribution in [3.63, 3.8) is 0 Å². The largest absolute Gasteiger partial charge is 0.508 e. The van der Waals surface area contributed by atoms with E-state index in [4.69, 9.17) is 4.74 Å². The van der Waals surface area contributed by atoms with Crippen LogP contribution in [-0.2, 0) is 26.3 Å². The second-order valence-electron chi connectivity index (χ2n) is 11.2. The van der Waals surface area contributed by atoms with Crippen LogP contribution in [0.4, 0.5) is 4.79 Å². The summed E-state index contributed by atoms with van der Waals surface area (Å²) in [6, 6.07) is 18.9. The molecule has 0 radical (unpaired) electrons. The van der Waals surface area contributed by atoms with Crippen molar-refractivity contribution in [3.8, 4) is 5.75 Å². The molecule has 0 bridgehead atoms. The Kier molecular flexibility index (Phi) is 10.2. The number of alkyl carbamates (subject to hydrolysis) is 1. The fourth-order valence-electron chi connectivity index (χ4n) is 4.40. The molecular weight excluding hydrogens is 506 g/mol. The number of phenolic OH excluding ortho intramolecular Hbond substituents is 1. The van der Waals surface area contributed by atoms with E-state index >= 15 is 0 Å². The number of aromatic hydroxyl groups is 1. The predicted molar refractivity (Wildman–Crippen MR) is 157 cm³/mol. The van der Waals surface area contributed by atoms with Gasteiger partial charge in [0, 0.05) is 13.0 Å². The number of hydrogen-bond donors (Lipinski definition) is 4. The lowest BCUT2D eigenvalue weighted by molar-refractivity contribution is -0.134. The monoisotopic (exact) mass is 547 g/mol. The lowest BCUT2D eigenvalue weighted by Crippen LogP contribution is -2.59. The first-order valence-corrected chi connectivity index (χ1v) is 13.8. The molecule has 3 aromatic rings. The predicted octanol–water partition coefficient (Wildman–Crippen LogP) is 5.32. The lowest BCUT2D eigenvalue weighted by atomic mass is 9.89. The number of hydrogen-bond acceptors (Lipinski definition) is 5. The molecule has 3 aromatic carbocycles. The molecule has 0 saturated carbocycles. The Bertz CT molecular complexity index is 1320. The number of ether oxygens (including phenoxy) is 1. The zero-order chi connectivity index (χ0) is 29.3. The summed E-state index contributed by atoms with van der Waals surface area (Å²) in [6.45, 7) is 9.40. The summed E-state index contributed by atoms with van der Waals surface area (Å²) in [5.74, 6) is -0.885. The molecule has 0 spiro atoms. The molecule has 0 aliphatic carbocycles. The van der Waals surface area contributed by atoms with Crippen LogP contribution in [0.3, 0.4) is 0 Å². The summed E-state index contributed by atoms with van der Waals surface area (Å²) >= 11 is 0.